The van der Waals surface area contributed by atoms with Gasteiger partial charge >= 0.3 is 0 Å². The summed E-state index contributed by atoms with van der Waals surface area (Å²) in [5, 5.41) is 0.759. The first kappa shape index (κ1) is 21.5. The minimum atomic E-state index is 0. The molecular weight excluding hydrogens is 376 g/mol. The maximum atomic E-state index is 6.21. The Bertz CT molecular complexity index is 961. The summed E-state index contributed by atoms with van der Waals surface area (Å²) >= 11 is 6.21. The van der Waals surface area contributed by atoms with E-state index in [1.807, 2.05) is 18.2 Å². The fourth-order valence-electron chi connectivity index (χ4n) is 3.98. The number of fused-ring (bicyclic) bond motifs is 1. The first-order chi connectivity index (χ1) is 13.6. The standard InChI is InChI=1S/C25H27ClN2.CH4/c1-28(2)14-13-18-9-11-19(12-10-18)15-21-17-25(20-5-3-6-22(26)16-20)27-24-8-4-7-23(21)24;/h3,5-6,9-12,16-17H,4,7-8,13-15H2,1-2H3;1H4. The summed E-state index contributed by atoms with van der Waals surface area (Å²) in [6, 6.07) is 19.4. The maximum Gasteiger partial charge on any atom is 0.0708 e. The fourth-order valence-corrected chi connectivity index (χ4v) is 4.17. The lowest BCUT2D eigenvalue weighted by Crippen LogP contribution is -2.14. The molecule has 1 aromatic heterocycles. The van der Waals surface area contributed by atoms with Crippen LogP contribution in [0.15, 0.2) is 54.6 Å². The van der Waals surface area contributed by atoms with Crippen LogP contribution in [0.5, 0.6) is 0 Å². The number of aromatic nitrogens is 1. The Morgan fingerprint density at radius 2 is 1.72 bits per heavy atom. The predicted molar refractivity (Wildman–Crippen MR) is 125 cm³/mol. The number of hydrogen-bond donors (Lipinski definition) is 0. The second-order valence-electron chi connectivity index (χ2n) is 8.00. The minimum absolute atomic E-state index is 0. The molecule has 2 aromatic carbocycles. The van der Waals surface area contributed by atoms with Crippen LogP contribution >= 0.6 is 11.6 Å². The molecule has 0 bridgehead atoms. The molecule has 0 unspecified atom stereocenters. The molecule has 152 valence electrons. The third-order valence-electron chi connectivity index (χ3n) is 5.53. The Balaban J connectivity index is 0.00000240. The second-order valence-corrected chi connectivity index (χ2v) is 8.44. The van der Waals surface area contributed by atoms with Gasteiger partial charge in [0.15, 0.2) is 0 Å². The van der Waals surface area contributed by atoms with Gasteiger partial charge in [-0.25, -0.2) is 0 Å². The van der Waals surface area contributed by atoms with Crippen molar-refractivity contribution in [3.05, 3.63) is 87.6 Å². The van der Waals surface area contributed by atoms with E-state index < -0.39 is 0 Å². The van der Waals surface area contributed by atoms with Gasteiger partial charge in [-0.2, -0.15) is 0 Å². The monoisotopic (exact) mass is 406 g/mol. The molecule has 0 saturated carbocycles. The van der Waals surface area contributed by atoms with Gasteiger partial charge in [0, 0.05) is 22.8 Å². The van der Waals surface area contributed by atoms with Crippen LogP contribution in [-0.4, -0.2) is 30.5 Å². The van der Waals surface area contributed by atoms with Gasteiger partial charge in [0.1, 0.15) is 0 Å². The van der Waals surface area contributed by atoms with Gasteiger partial charge in [0.05, 0.1) is 5.69 Å². The maximum absolute atomic E-state index is 6.21. The quantitative estimate of drug-likeness (QED) is 0.482. The number of pyridine rings is 1. The summed E-state index contributed by atoms with van der Waals surface area (Å²) in [7, 11) is 4.24. The Morgan fingerprint density at radius 1 is 0.966 bits per heavy atom. The molecule has 0 spiro atoms. The van der Waals surface area contributed by atoms with E-state index in [0.29, 0.717) is 0 Å². The fraction of sp³-hybridized carbons (Fsp3) is 0.346. The molecule has 1 heterocycles. The molecule has 1 aliphatic carbocycles. The normalized spacial score (nSPS) is 12.7. The van der Waals surface area contributed by atoms with Gasteiger partial charge < -0.3 is 4.90 Å². The van der Waals surface area contributed by atoms with E-state index in [0.717, 1.165) is 48.5 Å². The molecule has 0 radical (unpaired) electrons. The highest BCUT2D eigenvalue weighted by molar-refractivity contribution is 6.30. The summed E-state index contributed by atoms with van der Waals surface area (Å²) in [5.74, 6) is 0. The van der Waals surface area contributed by atoms with E-state index in [2.05, 4.69) is 55.4 Å². The van der Waals surface area contributed by atoms with Crippen LogP contribution in [0.4, 0.5) is 0 Å². The zero-order chi connectivity index (χ0) is 19.5. The van der Waals surface area contributed by atoms with Gasteiger partial charge in [-0.3, -0.25) is 4.98 Å². The lowest BCUT2D eigenvalue weighted by atomic mass is 9.96. The lowest BCUT2D eigenvalue weighted by molar-refractivity contribution is 0.413. The number of hydrogen-bond acceptors (Lipinski definition) is 2. The topological polar surface area (TPSA) is 16.1 Å². The van der Waals surface area contributed by atoms with Gasteiger partial charge in [-0.1, -0.05) is 55.4 Å². The van der Waals surface area contributed by atoms with Crippen LogP contribution in [0.3, 0.4) is 0 Å². The van der Waals surface area contributed by atoms with Crippen molar-refractivity contribution >= 4 is 11.6 Å². The Morgan fingerprint density at radius 3 is 2.45 bits per heavy atom. The van der Waals surface area contributed by atoms with Crippen molar-refractivity contribution in [2.24, 2.45) is 0 Å². The largest absolute Gasteiger partial charge is 0.309 e. The third-order valence-corrected chi connectivity index (χ3v) is 5.76. The van der Waals surface area contributed by atoms with E-state index in [1.165, 1.54) is 34.4 Å². The molecule has 4 rings (SSSR count). The smallest absolute Gasteiger partial charge is 0.0708 e. The molecule has 0 fully saturated rings. The highest BCUT2D eigenvalue weighted by Gasteiger charge is 2.18. The summed E-state index contributed by atoms with van der Waals surface area (Å²) < 4.78 is 0. The Hall–Kier alpha value is -2.16. The first-order valence-electron chi connectivity index (χ1n) is 10.1. The van der Waals surface area contributed by atoms with Crippen LogP contribution in [0, 0.1) is 0 Å². The van der Waals surface area contributed by atoms with E-state index in [1.54, 1.807) is 0 Å². The molecule has 2 nitrogen and oxygen atoms in total. The van der Waals surface area contributed by atoms with E-state index >= 15 is 0 Å². The number of likely N-dealkylation sites (N-methyl/N-ethyl adjacent to an activating group) is 1. The van der Waals surface area contributed by atoms with Crippen LogP contribution in [0.25, 0.3) is 11.3 Å². The van der Waals surface area contributed by atoms with Crippen molar-refractivity contribution < 1.29 is 0 Å². The number of halogens is 1. The average molecular weight is 407 g/mol. The van der Waals surface area contributed by atoms with Crippen LogP contribution < -0.4 is 0 Å². The SMILES string of the molecule is C.CN(C)CCc1ccc(Cc2cc(-c3cccc(Cl)c3)nc3c2CCC3)cc1. The van der Waals surface area contributed by atoms with Crippen molar-refractivity contribution in [1.29, 1.82) is 0 Å². The van der Waals surface area contributed by atoms with Crippen molar-refractivity contribution in [1.82, 2.24) is 9.88 Å². The molecule has 1 aliphatic rings. The molecule has 0 aliphatic heterocycles. The van der Waals surface area contributed by atoms with E-state index in [4.69, 9.17) is 16.6 Å². The average Bonchev–Trinajstić information content (AvgIpc) is 3.16. The van der Waals surface area contributed by atoms with Crippen LogP contribution in [0.2, 0.25) is 5.02 Å². The first-order valence-corrected chi connectivity index (χ1v) is 10.5. The molecule has 3 aromatic rings. The van der Waals surface area contributed by atoms with Crippen LogP contribution in [-0.2, 0) is 25.7 Å². The molecule has 3 heteroatoms. The molecule has 0 amide bonds. The Kier molecular flexibility index (Phi) is 7.10. The summed E-state index contributed by atoms with van der Waals surface area (Å²) in [5.41, 5.74) is 9.06. The van der Waals surface area contributed by atoms with Crippen molar-refractivity contribution in [2.75, 3.05) is 20.6 Å². The van der Waals surface area contributed by atoms with Crippen molar-refractivity contribution in [2.45, 2.75) is 39.5 Å². The molecule has 0 N–H and O–H groups in total. The zero-order valence-corrected chi connectivity index (χ0v) is 17.5. The van der Waals surface area contributed by atoms with Gasteiger partial charge in [-0.15, -0.1) is 0 Å². The van der Waals surface area contributed by atoms with Crippen molar-refractivity contribution in [3.8, 4) is 11.3 Å². The molecule has 29 heavy (non-hydrogen) atoms. The Labute approximate surface area is 180 Å². The van der Waals surface area contributed by atoms with E-state index in [9.17, 15) is 0 Å². The highest BCUT2D eigenvalue weighted by Crippen LogP contribution is 2.31. The highest BCUT2D eigenvalue weighted by atomic mass is 35.5. The number of aryl methyl sites for hydroxylation is 1. The summed E-state index contributed by atoms with van der Waals surface area (Å²) in [6.07, 6.45) is 5.50. The summed E-state index contributed by atoms with van der Waals surface area (Å²) in [6.45, 7) is 1.08. The zero-order valence-electron chi connectivity index (χ0n) is 16.7. The summed E-state index contributed by atoms with van der Waals surface area (Å²) in [4.78, 5) is 7.19. The number of nitrogens with zero attached hydrogens (tertiary/aromatic N) is 2. The van der Waals surface area contributed by atoms with Gasteiger partial charge in [0.25, 0.3) is 0 Å². The van der Waals surface area contributed by atoms with Gasteiger partial charge in [-0.05, 0) is 86.7 Å². The molecule has 0 atom stereocenters. The van der Waals surface area contributed by atoms with Crippen molar-refractivity contribution in [3.63, 3.8) is 0 Å². The third kappa shape index (κ3) is 5.26. The number of benzene rings is 2. The molecular formula is C26H31ClN2. The predicted octanol–water partition coefficient (Wildman–Crippen LogP) is 6.22. The molecule has 0 saturated heterocycles. The lowest BCUT2D eigenvalue weighted by Gasteiger charge is -2.13. The number of rotatable bonds is 6. The minimum Gasteiger partial charge on any atom is -0.309 e. The second kappa shape index (κ2) is 9.56. The van der Waals surface area contributed by atoms with Crippen LogP contribution in [0.1, 0.15) is 41.8 Å². The van der Waals surface area contributed by atoms with E-state index in [-0.39, 0.29) is 7.43 Å². The van der Waals surface area contributed by atoms with Gasteiger partial charge in [0.2, 0.25) is 0 Å².